The van der Waals surface area contributed by atoms with Crippen LogP contribution >= 0.6 is 0 Å². The van der Waals surface area contributed by atoms with E-state index in [1.54, 1.807) is 81.4 Å². The Hall–Kier alpha value is -7.56. The Balaban J connectivity index is 0.812. The van der Waals surface area contributed by atoms with Gasteiger partial charge in [0, 0.05) is 62.2 Å². The van der Waals surface area contributed by atoms with Gasteiger partial charge in [-0.15, -0.1) is 5.11 Å². The normalized spacial score (nSPS) is 11.6. The molecule has 0 saturated heterocycles. The number of rotatable bonds is 33. The number of carbonyl (C=O) groups excluding carboxylic acids is 5. The SMILES string of the molecule is CCCn1c(NC(=O)c2cccc(C(N)=O)c2)nc2ccc(/C=C/C(=O)NCCCOCCOCCOCCOCCOCCCNC(=O)c3ccc(N=Nc4cc(CCNC(=O)OC(C)(C)C)ccc4O)cc3)cc21. The van der Waals surface area contributed by atoms with Crippen LogP contribution in [0, 0.1) is 0 Å². The Morgan fingerprint density at radius 2 is 1.32 bits per heavy atom. The molecule has 0 unspecified atom stereocenters. The van der Waals surface area contributed by atoms with Crippen LogP contribution in [0.2, 0.25) is 0 Å². The smallest absolute Gasteiger partial charge is 0.407 e. The Labute approximate surface area is 442 Å². The highest BCUT2D eigenvalue weighted by Crippen LogP contribution is 2.30. The van der Waals surface area contributed by atoms with Crippen molar-refractivity contribution in [3.63, 3.8) is 0 Å². The van der Waals surface area contributed by atoms with E-state index in [2.05, 4.69) is 36.5 Å². The standard InChI is InChI=1S/C55H71N9O12/c1-5-25-64-47-37-39(11-18-45(47)60-53(64)61-52(69)43-10-6-9-42(38-43)50(56)67)13-20-49(66)57-22-7-26-71-28-30-73-32-34-75-35-33-74-31-29-72-27-8-23-58-51(68)41-14-16-44(17-15-41)62-63-46-36-40(12-19-48(46)65)21-24-59-54(70)76-55(2,3)4/h6,9-20,36-38,65H,5,7-8,21-35H2,1-4H3,(H2,56,67)(H,57,66)(H,58,68)(H,59,70)(H,60,61,69)/b20-13+,63-62?. The van der Waals surface area contributed by atoms with Gasteiger partial charge in [0.05, 0.1) is 69.6 Å². The predicted octanol–water partition coefficient (Wildman–Crippen LogP) is 7.41. The van der Waals surface area contributed by atoms with Crippen LogP contribution in [-0.2, 0) is 46.2 Å². The number of carbonyl (C=O) groups is 5. The van der Waals surface area contributed by atoms with Crippen molar-refractivity contribution in [1.29, 1.82) is 0 Å². The molecule has 0 fully saturated rings. The lowest BCUT2D eigenvalue weighted by Gasteiger charge is -2.19. The predicted molar refractivity (Wildman–Crippen MR) is 287 cm³/mol. The van der Waals surface area contributed by atoms with Gasteiger partial charge in [0.15, 0.2) is 0 Å². The van der Waals surface area contributed by atoms with Gasteiger partial charge >= 0.3 is 6.09 Å². The summed E-state index contributed by atoms with van der Waals surface area (Å²) < 4.78 is 35.0. The number of phenols is 1. The van der Waals surface area contributed by atoms with Crippen molar-refractivity contribution < 1.29 is 57.5 Å². The van der Waals surface area contributed by atoms with Crippen LogP contribution in [0.5, 0.6) is 5.75 Å². The third-order valence-corrected chi connectivity index (χ3v) is 10.8. The second kappa shape index (κ2) is 32.0. The third-order valence-electron chi connectivity index (χ3n) is 10.8. The molecule has 4 aromatic carbocycles. The molecule has 0 aliphatic heterocycles. The first-order chi connectivity index (χ1) is 36.7. The van der Waals surface area contributed by atoms with Crippen molar-refractivity contribution in [2.45, 2.75) is 65.5 Å². The van der Waals surface area contributed by atoms with E-state index in [4.69, 9.17) is 34.2 Å². The molecule has 1 aromatic heterocycles. The van der Waals surface area contributed by atoms with E-state index in [1.807, 2.05) is 29.7 Å². The number of aromatic nitrogens is 2. The number of anilines is 1. The monoisotopic (exact) mass is 1050 g/mol. The second-order valence-corrected chi connectivity index (χ2v) is 18.1. The van der Waals surface area contributed by atoms with E-state index < -0.39 is 23.5 Å². The average molecular weight is 1050 g/mol. The summed E-state index contributed by atoms with van der Waals surface area (Å²) in [5.74, 6) is -1.15. The maximum Gasteiger partial charge on any atom is 0.407 e. The molecule has 5 aromatic rings. The molecule has 5 amide bonds. The molecule has 5 rings (SSSR count). The molecule has 0 aliphatic carbocycles. The molecule has 408 valence electrons. The number of nitrogens with zero attached hydrogens (tertiary/aromatic N) is 4. The van der Waals surface area contributed by atoms with E-state index in [-0.39, 0.29) is 34.4 Å². The van der Waals surface area contributed by atoms with Gasteiger partial charge in [-0.25, -0.2) is 9.78 Å². The fourth-order valence-electron chi connectivity index (χ4n) is 7.07. The molecule has 0 bridgehead atoms. The summed E-state index contributed by atoms with van der Waals surface area (Å²) in [6, 6.07) is 23.4. The van der Waals surface area contributed by atoms with Crippen LogP contribution in [0.3, 0.4) is 0 Å². The number of nitrogens with one attached hydrogen (secondary N) is 4. The summed E-state index contributed by atoms with van der Waals surface area (Å²) in [6.07, 6.45) is 5.26. The zero-order valence-electron chi connectivity index (χ0n) is 43.8. The van der Waals surface area contributed by atoms with Crippen molar-refractivity contribution >= 4 is 64.2 Å². The van der Waals surface area contributed by atoms with Gasteiger partial charge in [-0.05, 0) is 130 Å². The molecule has 0 aliphatic rings. The number of aryl methyl sites for hydroxylation is 1. The molecule has 0 spiro atoms. The number of primary amides is 1. The maximum atomic E-state index is 13.0. The number of nitrogens with two attached hydrogens (primary N) is 1. The fourth-order valence-corrected chi connectivity index (χ4v) is 7.07. The van der Waals surface area contributed by atoms with Gasteiger partial charge in [0.2, 0.25) is 17.8 Å². The highest BCUT2D eigenvalue weighted by Gasteiger charge is 2.17. The fraction of sp³-hybridized carbons (Fsp3) is 0.418. The summed E-state index contributed by atoms with van der Waals surface area (Å²) in [7, 11) is 0. The number of hydrogen-bond acceptors (Lipinski definition) is 15. The number of benzene rings is 4. The minimum Gasteiger partial charge on any atom is -0.506 e. The number of imidazole rings is 1. The first-order valence-electron chi connectivity index (χ1n) is 25.3. The molecule has 76 heavy (non-hydrogen) atoms. The zero-order chi connectivity index (χ0) is 54.5. The Morgan fingerprint density at radius 3 is 1.95 bits per heavy atom. The number of hydrogen-bond donors (Lipinski definition) is 6. The lowest BCUT2D eigenvalue weighted by molar-refractivity contribution is -0.116. The summed E-state index contributed by atoms with van der Waals surface area (Å²) in [5, 5.41) is 29.9. The minimum atomic E-state index is -0.620. The van der Waals surface area contributed by atoms with Crippen LogP contribution in [-0.4, -0.2) is 136 Å². The summed E-state index contributed by atoms with van der Waals surface area (Å²) in [5.41, 5.74) is 9.70. The molecule has 21 heteroatoms. The lowest BCUT2D eigenvalue weighted by Crippen LogP contribution is -2.33. The van der Waals surface area contributed by atoms with Crippen LogP contribution in [0.25, 0.3) is 17.1 Å². The quantitative estimate of drug-likeness (QED) is 0.0136. The van der Waals surface area contributed by atoms with Crippen LogP contribution in [0.1, 0.15) is 89.2 Å². The van der Waals surface area contributed by atoms with Gasteiger partial charge in [-0.1, -0.05) is 25.1 Å². The van der Waals surface area contributed by atoms with Crippen molar-refractivity contribution in [1.82, 2.24) is 25.5 Å². The van der Waals surface area contributed by atoms with Gasteiger partial charge in [-0.3, -0.25) is 24.5 Å². The zero-order valence-corrected chi connectivity index (χ0v) is 43.8. The number of phenolic OH excluding ortho intramolecular Hbond substituents is 1. The van der Waals surface area contributed by atoms with Crippen molar-refractivity contribution in [2.24, 2.45) is 16.0 Å². The van der Waals surface area contributed by atoms with Crippen molar-refractivity contribution in [3.05, 3.63) is 119 Å². The second-order valence-electron chi connectivity index (χ2n) is 18.1. The van der Waals surface area contributed by atoms with Gasteiger partial charge in [-0.2, -0.15) is 5.11 Å². The highest BCUT2D eigenvalue weighted by molar-refractivity contribution is 6.06. The highest BCUT2D eigenvalue weighted by atomic mass is 16.6. The third kappa shape index (κ3) is 21.7. The van der Waals surface area contributed by atoms with E-state index in [1.165, 1.54) is 18.2 Å². The van der Waals surface area contributed by atoms with Crippen molar-refractivity contribution in [2.75, 3.05) is 91.0 Å². The average Bonchev–Trinajstić information content (AvgIpc) is 3.74. The molecule has 1 heterocycles. The Bertz CT molecular complexity index is 2720. The topological polar surface area (TPSA) is 278 Å². The molecule has 0 saturated carbocycles. The van der Waals surface area contributed by atoms with Gasteiger partial charge in [0.25, 0.3) is 11.8 Å². The van der Waals surface area contributed by atoms with Crippen LogP contribution in [0.4, 0.5) is 22.1 Å². The number of ether oxygens (including phenoxy) is 6. The molecule has 21 nitrogen and oxygen atoms in total. The van der Waals surface area contributed by atoms with Gasteiger partial charge in [0.1, 0.15) is 17.0 Å². The van der Waals surface area contributed by atoms with Gasteiger partial charge < -0.3 is 59.8 Å². The summed E-state index contributed by atoms with van der Waals surface area (Å²) >= 11 is 0. The number of amides is 5. The molecule has 0 radical (unpaired) electrons. The number of alkyl carbamates (subject to hydrolysis) is 1. The summed E-state index contributed by atoms with van der Waals surface area (Å²) in [4.78, 5) is 66.2. The maximum absolute atomic E-state index is 13.0. The summed E-state index contributed by atoms with van der Waals surface area (Å²) in [6.45, 7) is 13.5. The molecule has 7 N–H and O–H groups in total. The molecular formula is C55H71N9O12. The van der Waals surface area contributed by atoms with Crippen LogP contribution < -0.4 is 27.0 Å². The van der Waals surface area contributed by atoms with E-state index in [0.29, 0.717) is 134 Å². The van der Waals surface area contributed by atoms with E-state index >= 15 is 0 Å². The first kappa shape index (κ1) is 59.3. The van der Waals surface area contributed by atoms with Crippen LogP contribution in [0.15, 0.2) is 101 Å². The lowest BCUT2D eigenvalue weighted by atomic mass is 10.1. The number of fused-ring (bicyclic) bond motifs is 1. The minimum absolute atomic E-state index is 0.0332. The first-order valence-corrected chi connectivity index (χ1v) is 25.3. The van der Waals surface area contributed by atoms with E-state index in [0.717, 1.165) is 23.1 Å². The van der Waals surface area contributed by atoms with E-state index in [9.17, 15) is 29.1 Å². The molecular weight excluding hydrogens is 979 g/mol. The largest absolute Gasteiger partial charge is 0.506 e. The van der Waals surface area contributed by atoms with Crippen molar-refractivity contribution in [3.8, 4) is 5.75 Å². The Kier molecular flexibility index (Phi) is 25.0. The number of aromatic hydroxyl groups is 1. The molecule has 0 atom stereocenters. The number of azo groups is 1. The Morgan fingerprint density at radius 1 is 0.684 bits per heavy atom.